The van der Waals surface area contributed by atoms with Crippen LogP contribution in [-0.4, -0.2) is 57.8 Å². The number of hydrogen-bond acceptors (Lipinski definition) is 7. The summed E-state index contributed by atoms with van der Waals surface area (Å²) in [7, 11) is 3.55. The molecule has 1 fully saturated rings. The summed E-state index contributed by atoms with van der Waals surface area (Å²) in [5.41, 5.74) is 2.34. The van der Waals surface area contributed by atoms with E-state index in [1.165, 1.54) is 23.8 Å². The Hall–Kier alpha value is -4.25. The largest absolute Gasteiger partial charge is 0.443 e. The van der Waals surface area contributed by atoms with Gasteiger partial charge in [-0.25, -0.2) is 9.97 Å². The number of imidazole rings is 1. The average Bonchev–Trinajstić information content (AvgIpc) is 3.70. The van der Waals surface area contributed by atoms with E-state index in [1.54, 1.807) is 36.2 Å². The molecule has 3 heterocycles. The summed E-state index contributed by atoms with van der Waals surface area (Å²) in [6, 6.07) is 9.52. The maximum Gasteiger partial charge on any atom is 0.268 e. The number of aromatic nitrogens is 3. The number of carbonyl (C=O) groups is 3. The summed E-state index contributed by atoms with van der Waals surface area (Å²) in [6.07, 6.45) is 7.02. The van der Waals surface area contributed by atoms with Crippen LogP contribution in [0.5, 0.6) is 0 Å². The fraction of sp³-hybridized carbons (Fsp3) is 0.367. The van der Waals surface area contributed by atoms with Crippen LogP contribution in [0.2, 0.25) is 0 Å². The third kappa shape index (κ3) is 5.81. The normalized spacial score (nSPS) is 16.4. The standard InChI is InChI=1S/C30H34N6O4S/c1-6-27(37)34(4)12-11-19-13-21(14-19)36-23-8-7-20(35(5)29(39)18(2)3)15-22(23)32-30(36)33-28(38)26-10-9-25(41-26)24-16-31-17-40-24/h6-10,15-19,21H,1,11-14H2,2-5H3,(H,32,33,38). The predicted octanol–water partition coefficient (Wildman–Crippen LogP) is 5.61. The Bertz CT molecular complexity index is 1580. The van der Waals surface area contributed by atoms with Gasteiger partial charge in [-0.15, -0.1) is 11.3 Å². The number of amides is 3. The van der Waals surface area contributed by atoms with E-state index in [-0.39, 0.29) is 29.7 Å². The minimum atomic E-state index is -0.259. The molecule has 1 aliphatic carbocycles. The number of likely N-dealkylation sites (N-methyl/N-ethyl adjacent to an activating group) is 1. The quantitative estimate of drug-likeness (QED) is 0.246. The first-order valence-corrected chi connectivity index (χ1v) is 14.4. The predicted molar refractivity (Wildman–Crippen MR) is 160 cm³/mol. The summed E-state index contributed by atoms with van der Waals surface area (Å²) in [5, 5.41) is 3.03. The van der Waals surface area contributed by atoms with Gasteiger partial charge in [-0.2, -0.15) is 0 Å². The van der Waals surface area contributed by atoms with Crippen molar-refractivity contribution in [3.8, 4) is 10.6 Å². The maximum atomic E-state index is 13.3. The van der Waals surface area contributed by atoms with Crippen LogP contribution in [0, 0.1) is 11.8 Å². The zero-order valence-electron chi connectivity index (χ0n) is 23.7. The number of fused-ring (bicyclic) bond motifs is 1. The number of nitrogens with zero attached hydrogens (tertiary/aromatic N) is 5. The molecule has 3 amide bonds. The van der Waals surface area contributed by atoms with E-state index in [0.717, 1.165) is 35.3 Å². The molecule has 10 nitrogen and oxygen atoms in total. The average molecular weight is 575 g/mol. The molecule has 4 aromatic rings. The molecule has 11 heteroatoms. The second kappa shape index (κ2) is 11.7. The lowest BCUT2D eigenvalue weighted by Crippen LogP contribution is -2.33. The topological polar surface area (TPSA) is 114 Å². The number of benzene rings is 1. The van der Waals surface area contributed by atoms with Gasteiger partial charge >= 0.3 is 0 Å². The van der Waals surface area contributed by atoms with Crippen molar-refractivity contribution in [1.82, 2.24) is 19.4 Å². The van der Waals surface area contributed by atoms with Crippen LogP contribution in [-0.2, 0) is 9.59 Å². The molecule has 0 spiro atoms. The van der Waals surface area contributed by atoms with E-state index in [1.807, 2.05) is 38.1 Å². The third-order valence-electron chi connectivity index (χ3n) is 7.61. The van der Waals surface area contributed by atoms with Gasteiger partial charge in [0.05, 0.1) is 27.0 Å². The molecule has 41 heavy (non-hydrogen) atoms. The van der Waals surface area contributed by atoms with Crippen molar-refractivity contribution in [1.29, 1.82) is 0 Å². The molecule has 1 aliphatic rings. The van der Waals surface area contributed by atoms with E-state index in [0.29, 0.717) is 34.6 Å². The highest BCUT2D eigenvalue weighted by atomic mass is 32.1. The Morgan fingerprint density at radius 1 is 1.22 bits per heavy atom. The number of thiophene rings is 1. The molecular weight excluding hydrogens is 540 g/mol. The van der Waals surface area contributed by atoms with Gasteiger partial charge in [-0.1, -0.05) is 20.4 Å². The highest BCUT2D eigenvalue weighted by Gasteiger charge is 2.34. The Kier molecular flexibility index (Phi) is 8.07. The molecule has 1 N–H and O–H groups in total. The van der Waals surface area contributed by atoms with Gasteiger partial charge < -0.3 is 18.8 Å². The third-order valence-corrected chi connectivity index (χ3v) is 8.71. The zero-order chi connectivity index (χ0) is 29.3. The fourth-order valence-electron chi connectivity index (χ4n) is 5.15. The van der Waals surface area contributed by atoms with Gasteiger partial charge in [0, 0.05) is 38.3 Å². The van der Waals surface area contributed by atoms with Crippen LogP contribution in [0.3, 0.4) is 0 Å². The van der Waals surface area contributed by atoms with Gasteiger partial charge in [-0.3, -0.25) is 19.7 Å². The molecule has 0 radical (unpaired) electrons. The number of carbonyl (C=O) groups excluding carboxylic acids is 3. The highest BCUT2D eigenvalue weighted by molar-refractivity contribution is 7.17. The van der Waals surface area contributed by atoms with Gasteiger partial charge in [-0.05, 0) is 61.6 Å². The number of nitrogens with one attached hydrogen (secondary N) is 1. The molecule has 3 aromatic heterocycles. The van der Waals surface area contributed by atoms with E-state index in [4.69, 9.17) is 9.40 Å². The summed E-state index contributed by atoms with van der Waals surface area (Å²) in [6.45, 7) is 7.97. The Morgan fingerprint density at radius 3 is 2.68 bits per heavy atom. The number of oxazole rings is 1. The van der Waals surface area contributed by atoms with Crippen molar-refractivity contribution in [3.05, 3.63) is 60.5 Å². The van der Waals surface area contributed by atoms with Crippen LogP contribution in [0.25, 0.3) is 21.7 Å². The zero-order valence-corrected chi connectivity index (χ0v) is 24.5. The Balaban J connectivity index is 1.40. The van der Waals surface area contributed by atoms with E-state index in [2.05, 4.69) is 21.4 Å². The first-order valence-electron chi connectivity index (χ1n) is 13.6. The second-order valence-electron chi connectivity index (χ2n) is 10.8. The SMILES string of the molecule is C=CC(=O)N(C)CCC1CC(n2c(NC(=O)c3ccc(-c4cnco4)s3)nc3cc(N(C)C(=O)C(C)C)ccc32)C1. The summed E-state index contributed by atoms with van der Waals surface area (Å²) in [5.74, 6) is 1.07. The van der Waals surface area contributed by atoms with Gasteiger partial charge in [0.15, 0.2) is 12.2 Å². The Morgan fingerprint density at radius 2 is 2.00 bits per heavy atom. The molecule has 0 aliphatic heterocycles. The first kappa shape index (κ1) is 28.3. The molecule has 0 atom stereocenters. The minimum Gasteiger partial charge on any atom is -0.443 e. The van der Waals surface area contributed by atoms with Crippen molar-refractivity contribution in [2.45, 2.75) is 39.2 Å². The van der Waals surface area contributed by atoms with Crippen molar-refractivity contribution in [2.24, 2.45) is 11.8 Å². The van der Waals surface area contributed by atoms with E-state index in [9.17, 15) is 14.4 Å². The molecular formula is C30H34N6O4S. The molecule has 1 saturated carbocycles. The van der Waals surface area contributed by atoms with Crippen LogP contribution in [0.15, 0.2) is 60.0 Å². The molecule has 1 aromatic carbocycles. The van der Waals surface area contributed by atoms with Crippen molar-refractivity contribution in [2.75, 3.05) is 30.9 Å². The van der Waals surface area contributed by atoms with Crippen molar-refractivity contribution >= 4 is 51.7 Å². The van der Waals surface area contributed by atoms with Gasteiger partial charge in [0.2, 0.25) is 17.8 Å². The van der Waals surface area contributed by atoms with Gasteiger partial charge in [0.25, 0.3) is 5.91 Å². The Labute approximate surface area is 242 Å². The lowest BCUT2D eigenvalue weighted by Gasteiger charge is -2.38. The molecule has 5 rings (SSSR count). The summed E-state index contributed by atoms with van der Waals surface area (Å²) < 4.78 is 7.46. The van der Waals surface area contributed by atoms with E-state index < -0.39 is 0 Å². The lowest BCUT2D eigenvalue weighted by atomic mass is 9.78. The van der Waals surface area contributed by atoms with Gasteiger partial charge in [0.1, 0.15) is 0 Å². The maximum absolute atomic E-state index is 13.3. The number of hydrogen-bond donors (Lipinski definition) is 1. The van der Waals surface area contributed by atoms with Crippen LogP contribution < -0.4 is 10.2 Å². The minimum absolute atomic E-state index is 0.0132. The molecule has 214 valence electrons. The van der Waals surface area contributed by atoms with Crippen molar-refractivity contribution in [3.63, 3.8) is 0 Å². The van der Waals surface area contributed by atoms with Crippen molar-refractivity contribution < 1.29 is 18.8 Å². The van der Waals surface area contributed by atoms with Crippen LogP contribution in [0.4, 0.5) is 11.6 Å². The van der Waals surface area contributed by atoms with Crippen LogP contribution >= 0.6 is 11.3 Å². The number of rotatable bonds is 10. The summed E-state index contributed by atoms with van der Waals surface area (Å²) >= 11 is 1.32. The fourth-order valence-corrected chi connectivity index (χ4v) is 6.00. The monoisotopic (exact) mass is 574 g/mol. The van der Waals surface area contributed by atoms with E-state index >= 15 is 0 Å². The first-order chi connectivity index (χ1) is 19.7. The number of anilines is 2. The smallest absolute Gasteiger partial charge is 0.268 e. The second-order valence-corrected chi connectivity index (χ2v) is 11.8. The highest BCUT2D eigenvalue weighted by Crippen LogP contribution is 2.43. The summed E-state index contributed by atoms with van der Waals surface area (Å²) in [4.78, 5) is 51.2. The molecule has 0 bridgehead atoms. The lowest BCUT2D eigenvalue weighted by molar-refractivity contribution is -0.125. The molecule has 0 saturated heterocycles. The molecule has 0 unspecified atom stereocenters. The van der Waals surface area contributed by atoms with Crippen LogP contribution in [0.1, 0.15) is 48.8 Å².